The van der Waals surface area contributed by atoms with E-state index in [2.05, 4.69) is 4.98 Å². The third kappa shape index (κ3) is 3.87. The summed E-state index contributed by atoms with van der Waals surface area (Å²) in [5.41, 5.74) is 1.43. The molecule has 0 aliphatic carbocycles. The van der Waals surface area contributed by atoms with Gasteiger partial charge in [-0.2, -0.15) is 10.5 Å². The van der Waals surface area contributed by atoms with Gasteiger partial charge in [0.2, 0.25) is 5.91 Å². The van der Waals surface area contributed by atoms with Crippen LogP contribution in [0.15, 0.2) is 29.6 Å². The first-order chi connectivity index (χ1) is 10.6. The Morgan fingerprint density at radius 1 is 1.23 bits per heavy atom. The Balaban J connectivity index is 2.08. The number of benzene rings is 1. The molecule has 0 bridgehead atoms. The molecule has 0 saturated heterocycles. The second-order valence-electron chi connectivity index (χ2n) is 4.38. The highest BCUT2D eigenvalue weighted by Gasteiger charge is 2.15. The summed E-state index contributed by atoms with van der Waals surface area (Å²) < 4.78 is 12.9. The molecule has 0 fully saturated rings. The van der Waals surface area contributed by atoms with E-state index in [4.69, 9.17) is 10.5 Å². The Bertz CT molecular complexity index is 726. The number of nitriles is 2. The highest BCUT2D eigenvalue weighted by molar-refractivity contribution is 7.10. The van der Waals surface area contributed by atoms with Crippen molar-refractivity contribution < 1.29 is 9.18 Å². The molecule has 22 heavy (non-hydrogen) atoms. The van der Waals surface area contributed by atoms with Gasteiger partial charge in [0, 0.05) is 10.9 Å². The topological polar surface area (TPSA) is 80.8 Å². The summed E-state index contributed by atoms with van der Waals surface area (Å²) in [4.78, 5) is 17.5. The average Bonchev–Trinajstić information content (AvgIpc) is 2.96. The Morgan fingerprint density at radius 2 is 1.86 bits per heavy atom. The number of rotatable bonds is 5. The maximum atomic E-state index is 12.9. The first-order valence-corrected chi connectivity index (χ1v) is 7.24. The molecule has 0 aliphatic heterocycles. The SMILES string of the molecule is N#CCN(CC#N)C(=O)Cc1nc(-c2ccc(F)cc2)cs1. The second-order valence-corrected chi connectivity index (χ2v) is 5.32. The van der Waals surface area contributed by atoms with Crippen LogP contribution in [0.4, 0.5) is 4.39 Å². The summed E-state index contributed by atoms with van der Waals surface area (Å²) in [5, 5.41) is 19.7. The van der Waals surface area contributed by atoms with E-state index in [9.17, 15) is 9.18 Å². The molecule has 0 radical (unpaired) electrons. The van der Waals surface area contributed by atoms with Crippen LogP contribution in [0.2, 0.25) is 0 Å². The molecule has 0 spiro atoms. The highest BCUT2D eigenvalue weighted by Crippen LogP contribution is 2.22. The summed E-state index contributed by atoms with van der Waals surface area (Å²) in [7, 11) is 0. The smallest absolute Gasteiger partial charge is 0.231 e. The number of thiazole rings is 1. The zero-order chi connectivity index (χ0) is 15.9. The van der Waals surface area contributed by atoms with Crippen LogP contribution >= 0.6 is 11.3 Å². The Kier molecular flexibility index (Phi) is 5.18. The Morgan fingerprint density at radius 3 is 2.45 bits per heavy atom. The largest absolute Gasteiger partial charge is 0.316 e. The van der Waals surface area contributed by atoms with Crippen LogP contribution in [0, 0.1) is 28.5 Å². The van der Waals surface area contributed by atoms with Gasteiger partial charge in [0.25, 0.3) is 0 Å². The first-order valence-electron chi connectivity index (χ1n) is 6.36. The molecule has 1 aromatic heterocycles. The van der Waals surface area contributed by atoms with Crippen LogP contribution in [-0.2, 0) is 11.2 Å². The molecule has 2 aromatic rings. The molecule has 1 heterocycles. The van der Waals surface area contributed by atoms with Gasteiger partial charge in [-0.1, -0.05) is 0 Å². The van der Waals surface area contributed by atoms with Crippen molar-refractivity contribution in [2.45, 2.75) is 6.42 Å². The van der Waals surface area contributed by atoms with Gasteiger partial charge in [-0.3, -0.25) is 4.79 Å². The molecule has 1 aromatic carbocycles. The zero-order valence-electron chi connectivity index (χ0n) is 11.5. The number of nitrogens with zero attached hydrogens (tertiary/aromatic N) is 4. The maximum absolute atomic E-state index is 12.9. The molecule has 1 amide bonds. The Hall–Kier alpha value is -2.77. The summed E-state index contributed by atoms with van der Waals surface area (Å²) in [6.07, 6.45) is 0.0369. The molecule has 0 N–H and O–H groups in total. The summed E-state index contributed by atoms with van der Waals surface area (Å²) in [5.74, 6) is -0.638. The van der Waals surface area contributed by atoms with Crippen molar-refractivity contribution in [1.29, 1.82) is 10.5 Å². The van der Waals surface area contributed by atoms with Crippen molar-refractivity contribution in [3.63, 3.8) is 0 Å². The number of amides is 1. The monoisotopic (exact) mass is 314 g/mol. The molecule has 110 valence electrons. The fourth-order valence-corrected chi connectivity index (χ4v) is 2.58. The second kappa shape index (κ2) is 7.30. The average molecular weight is 314 g/mol. The van der Waals surface area contributed by atoms with Crippen LogP contribution in [0.5, 0.6) is 0 Å². The number of hydrogen-bond donors (Lipinski definition) is 0. The number of carbonyl (C=O) groups excluding carboxylic acids is 1. The minimum absolute atomic E-state index is 0.0369. The fourth-order valence-electron chi connectivity index (χ4n) is 1.79. The van der Waals surface area contributed by atoms with E-state index in [1.165, 1.54) is 28.4 Å². The van der Waals surface area contributed by atoms with Crippen LogP contribution in [0.25, 0.3) is 11.3 Å². The minimum atomic E-state index is -0.321. The van der Waals surface area contributed by atoms with Crippen molar-refractivity contribution in [3.8, 4) is 23.4 Å². The highest BCUT2D eigenvalue weighted by atomic mass is 32.1. The van der Waals surface area contributed by atoms with Crippen LogP contribution in [0.1, 0.15) is 5.01 Å². The third-order valence-electron chi connectivity index (χ3n) is 2.87. The summed E-state index contributed by atoms with van der Waals surface area (Å²) in [6, 6.07) is 9.65. The van der Waals surface area contributed by atoms with E-state index in [0.717, 1.165) is 5.56 Å². The van der Waals surface area contributed by atoms with Gasteiger partial charge in [0.15, 0.2) is 0 Å². The van der Waals surface area contributed by atoms with Crippen LogP contribution in [-0.4, -0.2) is 28.9 Å². The summed E-state index contributed by atoms with van der Waals surface area (Å²) in [6.45, 7) is -0.245. The lowest BCUT2D eigenvalue weighted by Crippen LogP contribution is -2.33. The van der Waals surface area contributed by atoms with Gasteiger partial charge in [-0.05, 0) is 24.3 Å². The quantitative estimate of drug-likeness (QED) is 0.793. The van der Waals surface area contributed by atoms with Gasteiger partial charge in [-0.25, -0.2) is 9.37 Å². The van der Waals surface area contributed by atoms with E-state index in [-0.39, 0.29) is 31.2 Å². The number of halogens is 1. The van der Waals surface area contributed by atoms with Crippen molar-refractivity contribution in [1.82, 2.24) is 9.88 Å². The lowest BCUT2D eigenvalue weighted by Gasteiger charge is -2.14. The van der Waals surface area contributed by atoms with Gasteiger partial charge >= 0.3 is 0 Å². The normalized spacial score (nSPS) is 9.77. The number of hydrogen-bond acceptors (Lipinski definition) is 5. The van der Waals surface area contributed by atoms with Crippen LogP contribution in [0.3, 0.4) is 0 Å². The first kappa shape index (κ1) is 15.6. The van der Waals surface area contributed by atoms with E-state index in [1.807, 2.05) is 12.1 Å². The van der Waals surface area contributed by atoms with E-state index < -0.39 is 0 Å². The van der Waals surface area contributed by atoms with Crippen LogP contribution < -0.4 is 0 Å². The molecule has 0 saturated carbocycles. The van der Waals surface area contributed by atoms with E-state index >= 15 is 0 Å². The molecule has 0 unspecified atom stereocenters. The molecule has 2 rings (SSSR count). The standard InChI is InChI=1S/C15H11FN4OS/c16-12-3-1-11(2-4-12)13-10-22-14(19-13)9-15(21)20(7-5-17)8-6-18/h1-4,10H,7-9H2. The maximum Gasteiger partial charge on any atom is 0.231 e. The molecule has 5 nitrogen and oxygen atoms in total. The molecule has 0 atom stereocenters. The van der Waals surface area contributed by atoms with Gasteiger partial charge in [0.05, 0.1) is 24.3 Å². The predicted molar refractivity (Wildman–Crippen MR) is 79.0 cm³/mol. The zero-order valence-corrected chi connectivity index (χ0v) is 12.3. The number of carbonyl (C=O) groups is 1. The lowest BCUT2D eigenvalue weighted by molar-refractivity contribution is -0.129. The van der Waals surface area contributed by atoms with Crippen molar-refractivity contribution >= 4 is 17.2 Å². The molecular weight excluding hydrogens is 303 g/mol. The van der Waals surface area contributed by atoms with E-state index in [0.29, 0.717) is 10.7 Å². The van der Waals surface area contributed by atoms with Gasteiger partial charge in [0.1, 0.15) is 23.9 Å². The van der Waals surface area contributed by atoms with Crippen molar-refractivity contribution in [3.05, 3.63) is 40.5 Å². The molecule has 7 heteroatoms. The Labute approximate surface area is 130 Å². The summed E-state index contributed by atoms with van der Waals surface area (Å²) >= 11 is 1.31. The van der Waals surface area contributed by atoms with Gasteiger partial charge < -0.3 is 4.90 Å². The fraction of sp³-hybridized carbons (Fsp3) is 0.200. The molecular formula is C15H11FN4OS. The van der Waals surface area contributed by atoms with Gasteiger partial charge in [-0.15, -0.1) is 11.3 Å². The molecule has 0 aliphatic rings. The minimum Gasteiger partial charge on any atom is -0.316 e. The predicted octanol–water partition coefficient (Wildman–Crippen LogP) is 2.37. The van der Waals surface area contributed by atoms with Crippen molar-refractivity contribution in [2.24, 2.45) is 0 Å². The number of aromatic nitrogens is 1. The lowest BCUT2D eigenvalue weighted by atomic mass is 10.2. The van der Waals surface area contributed by atoms with Crippen molar-refractivity contribution in [2.75, 3.05) is 13.1 Å². The third-order valence-corrected chi connectivity index (χ3v) is 3.72. The van der Waals surface area contributed by atoms with E-state index in [1.54, 1.807) is 17.5 Å².